The van der Waals surface area contributed by atoms with E-state index in [0.29, 0.717) is 18.5 Å². The number of hydrogen-bond acceptors (Lipinski definition) is 4. The van der Waals surface area contributed by atoms with Crippen molar-refractivity contribution >= 4 is 26.8 Å². The number of hydrogen-bond donors (Lipinski definition) is 1. The predicted molar refractivity (Wildman–Crippen MR) is 87.6 cm³/mol. The first-order chi connectivity index (χ1) is 11.4. The number of nitrogens with zero attached hydrogens (tertiary/aromatic N) is 1. The lowest BCUT2D eigenvalue weighted by Crippen LogP contribution is -2.32. The van der Waals surface area contributed by atoms with Gasteiger partial charge in [0.25, 0.3) is 0 Å². The third kappa shape index (κ3) is 2.97. The van der Waals surface area contributed by atoms with Crippen molar-refractivity contribution in [3.63, 3.8) is 0 Å². The van der Waals surface area contributed by atoms with Gasteiger partial charge in [-0.1, -0.05) is 36.8 Å². The minimum atomic E-state index is -3.71. The number of benzene rings is 2. The summed E-state index contributed by atoms with van der Waals surface area (Å²) in [6, 6.07) is 7.01. The molecular weight excluding hydrogens is 330 g/mol. The molecule has 0 saturated carbocycles. The minimum absolute atomic E-state index is 0.0657. The average Bonchev–Trinajstić information content (AvgIpc) is 2.83. The molecule has 2 aromatic rings. The first-order valence-corrected chi connectivity index (χ1v) is 9.32. The van der Waals surface area contributed by atoms with Gasteiger partial charge in [0.15, 0.2) is 0 Å². The Balaban J connectivity index is 2.15. The van der Waals surface area contributed by atoms with Gasteiger partial charge in [-0.25, -0.2) is 13.2 Å². The monoisotopic (exact) mass is 348 g/mol. The number of aromatic carboxylic acids is 1. The van der Waals surface area contributed by atoms with E-state index in [1.807, 2.05) is 0 Å². The van der Waals surface area contributed by atoms with Crippen molar-refractivity contribution in [2.45, 2.75) is 30.6 Å². The second kappa shape index (κ2) is 6.41. The highest BCUT2D eigenvalue weighted by atomic mass is 32.2. The molecule has 1 aliphatic rings. The van der Waals surface area contributed by atoms with Crippen molar-refractivity contribution in [1.29, 1.82) is 0 Å². The second-order valence-corrected chi connectivity index (χ2v) is 7.86. The van der Waals surface area contributed by atoms with Crippen molar-refractivity contribution < 1.29 is 23.4 Å². The standard InChI is InChI=1S/C17H19NO5S/c19-15-11-13-12(10-14(15)17(20)21)6-5-7-16(13)24(22,23)18-8-3-1-2-4-9-18/h5-7,10-11,19H,1-4,8-9H2,(H,20,21)/p-1. The molecular formula is C17H18NO5S-. The van der Waals surface area contributed by atoms with Crippen molar-refractivity contribution in [2.75, 3.05) is 13.1 Å². The Bertz CT molecular complexity index is 883. The van der Waals surface area contributed by atoms with Crippen LogP contribution in [0.25, 0.3) is 10.8 Å². The number of rotatable bonds is 3. The van der Waals surface area contributed by atoms with Crippen LogP contribution in [0.15, 0.2) is 35.2 Å². The van der Waals surface area contributed by atoms with Crippen LogP contribution in [0.1, 0.15) is 36.0 Å². The van der Waals surface area contributed by atoms with Crippen molar-refractivity contribution in [1.82, 2.24) is 4.31 Å². The van der Waals surface area contributed by atoms with Gasteiger partial charge in [0.2, 0.25) is 10.0 Å². The van der Waals surface area contributed by atoms with Gasteiger partial charge in [0.05, 0.1) is 10.5 Å². The number of carboxylic acids is 1. The molecule has 1 N–H and O–H groups in total. The van der Waals surface area contributed by atoms with E-state index in [1.165, 1.54) is 16.4 Å². The summed E-state index contributed by atoms with van der Waals surface area (Å²) in [6.45, 7) is 0.937. The van der Waals surface area contributed by atoms with Crippen LogP contribution >= 0.6 is 0 Å². The van der Waals surface area contributed by atoms with E-state index in [9.17, 15) is 18.3 Å². The normalized spacial score (nSPS) is 16.8. The fourth-order valence-electron chi connectivity index (χ4n) is 3.09. The molecule has 24 heavy (non-hydrogen) atoms. The lowest BCUT2D eigenvalue weighted by atomic mass is 10.1. The van der Waals surface area contributed by atoms with Gasteiger partial charge in [0, 0.05) is 18.5 Å². The average molecular weight is 348 g/mol. The van der Waals surface area contributed by atoms with E-state index < -0.39 is 21.7 Å². The maximum absolute atomic E-state index is 13.0. The fraction of sp³-hybridized carbons (Fsp3) is 0.353. The van der Waals surface area contributed by atoms with E-state index in [2.05, 4.69) is 0 Å². The molecule has 0 bridgehead atoms. The second-order valence-electron chi connectivity index (χ2n) is 5.95. The lowest BCUT2D eigenvalue weighted by molar-refractivity contribution is -0.268. The Morgan fingerprint density at radius 1 is 1.08 bits per heavy atom. The molecule has 0 amide bonds. The molecule has 7 heteroatoms. The Kier molecular flexibility index (Phi) is 4.47. The van der Waals surface area contributed by atoms with Gasteiger partial charge in [-0.3, -0.25) is 0 Å². The smallest absolute Gasteiger partial charge is 0.335 e. The molecule has 0 atom stereocenters. The minimum Gasteiger partial charge on any atom is -0.872 e. The lowest BCUT2D eigenvalue weighted by Gasteiger charge is -2.22. The summed E-state index contributed by atoms with van der Waals surface area (Å²) in [4.78, 5) is 11.2. The van der Waals surface area contributed by atoms with E-state index in [0.717, 1.165) is 31.7 Å². The summed E-state index contributed by atoms with van der Waals surface area (Å²) >= 11 is 0. The third-order valence-corrected chi connectivity index (χ3v) is 6.31. The van der Waals surface area contributed by atoms with Gasteiger partial charge in [-0.15, -0.1) is 0 Å². The molecule has 1 saturated heterocycles. The predicted octanol–water partition coefficient (Wildman–Crippen LogP) is 2.18. The Morgan fingerprint density at radius 3 is 2.38 bits per heavy atom. The molecule has 1 aliphatic heterocycles. The van der Waals surface area contributed by atoms with Crippen molar-refractivity contribution in [2.24, 2.45) is 0 Å². The van der Waals surface area contributed by atoms with Gasteiger partial charge >= 0.3 is 5.97 Å². The molecule has 1 fully saturated rings. The molecule has 0 aliphatic carbocycles. The molecule has 1 heterocycles. The van der Waals surface area contributed by atoms with Crippen LogP contribution in [0, 0.1) is 0 Å². The van der Waals surface area contributed by atoms with Crippen LogP contribution in [0.3, 0.4) is 0 Å². The van der Waals surface area contributed by atoms with Crippen molar-refractivity contribution in [3.05, 3.63) is 35.9 Å². The molecule has 0 aromatic heterocycles. The van der Waals surface area contributed by atoms with E-state index in [-0.39, 0.29) is 15.8 Å². The summed E-state index contributed by atoms with van der Waals surface area (Å²) in [5, 5.41) is 21.8. The zero-order chi connectivity index (χ0) is 17.3. The van der Waals surface area contributed by atoms with Gasteiger partial charge in [-0.05, 0) is 30.4 Å². The highest BCUT2D eigenvalue weighted by Crippen LogP contribution is 2.31. The molecule has 2 aromatic carbocycles. The molecule has 0 spiro atoms. The van der Waals surface area contributed by atoms with Crippen molar-refractivity contribution in [3.8, 4) is 5.75 Å². The highest BCUT2D eigenvalue weighted by molar-refractivity contribution is 7.89. The Labute approximate surface area is 140 Å². The number of fused-ring (bicyclic) bond motifs is 1. The zero-order valence-corrected chi connectivity index (χ0v) is 13.9. The molecule has 0 unspecified atom stereocenters. The highest BCUT2D eigenvalue weighted by Gasteiger charge is 2.27. The van der Waals surface area contributed by atoms with Crippen LogP contribution in [0.2, 0.25) is 0 Å². The zero-order valence-electron chi connectivity index (χ0n) is 13.1. The van der Waals surface area contributed by atoms with E-state index in [4.69, 9.17) is 5.11 Å². The first kappa shape index (κ1) is 16.7. The van der Waals surface area contributed by atoms with E-state index in [1.54, 1.807) is 12.1 Å². The number of carboxylic acid groups (broad SMARTS) is 1. The quantitative estimate of drug-likeness (QED) is 0.917. The number of sulfonamides is 1. The number of carbonyl (C=O) groups is 1. The van der Waals surface area contributed by atoms with Gasteiger partial charge in [-0.2, -0.15) is 4.31 Å². The fourth-order valence-corrected chi connectivity index (χ4v) is 4.81. The van der Waals surface area contributed by atoms with Crippen LogP contribution in [0.4, 0.5) is 0 Å². The van der Waals surface area contributed by atoms with Crippen LogP contribution < -0.4 is 5.11 Å². The summed E-state index contributed by atoms with van der Waals surface area (Å²) in [6.07, 6.45) is 3.66. The molecule has 128 valence electrons. The SMILES string of the molecule is O=C(O)c1cc2cccc(S(=O)(=O)N3CCCCCC3)c2cc1[O-]. The first-order valence-electron chi connectivity index (χ1n) is 7.88. The Hall–Kier alpha value is -2.12. The summed E-state index contributed by atoms with van der Waals surface area (Å²) < 4.78 is 27.4. The Morgan fingerprint density at radius 2 is 1.75 bits per heavy atom. The third-order valence-electron chi connectivity index (χ3n) is 4.35. The van der Waals surface area contributed by atoms with Crippen LogP contribution in [0.5, 0.6) is 5.75 Å². The van der Waals surface area contributed by atoms with E-state index >= 15 is 0 Å². The maximum Gasteiger partial charge on any atom is 0.335 e. The van der Waals surface area contributed by atoms with Gasteiger partial charge < -0.3 is 10.2 Å². The van der Waals surface area contributed by atoms with Crippen LogP contribution in [-0.4, -0.2) is 36.9 Å². The largest absolute Gasteiger partial charge is 0.872 e. The van der Waals surface area contributed by atoms with Crippen LogP contribution in [-0.2, 0) is 10.0 Å². The molecule has 6 nitrogen and oxygen atoms in total. The van der Waals surface area contributed by atoms with Gasteiger partial charge in [0.1, 0.15) is 0 Å². The molecule has 0 radical (unpaired) electrons. The summed E-state index contributed by atoms with van der Waals surface area (Å²) in [5.41, 5.74) is -0.355. The summed E-state index contributed by atoms with van der Waals surface area (Å²) in [5.74, 6) is -2.00. The summed E-state index contributed by atoms with van der Waals surface area (Å²) in [7, 11) is -3.71. The maximum atomic E-state index is 13.0. The topological polar surface area (TPSA) is 97.7 Å². The molecule has 3 rings (SSSR count).